The van der Waals surface area contributed by atoms with Crippen molar-refractivity contribution in [2.24, 2.45) is 0 Å². The Bertz CT molecular complexity index is 564. The van der Waals surface area contributed by atoms with Crippen molar-refractivity contribution < 1.29 is 14.3 Å². The van der Waals surface area contributed by atoms with Crippen molar-refractivity contribution in [1.29, 1.82) is 0 Å². The van der Waals surface area contributed by atoms with E-state index in [0.717, 1.165) is 44.0 Å². The largest absolute Gasteiger partial charge is 0.494 e. The molecule has 2 N–H and O–H groups in total. The first-order valence-electron chi connectivity index (χ1n) is 9.55. The summed E-state index contributed by atoms with van der Waals surface area (Å²) in [6.07, 6.45) is 2.63. The number of carbonyl (C=O) groups is 2. The minimum absolute atomic E-state index is 0.0166. The van der Waals surface area contributed by atoms with Crippen LogP contribution in [0.3, 0.4) is 0 Å². The Labute approximate surface area is 156 Å². The second-order valence-corrected chi connectivity index (χ2v) is 6.71. The summed E-state index contributed by atoms with van der Waals surface area (Å²) < 4.78 is 5.43. The lowest BCUT2D eigenvalue weighted by Crippen LogP contribution is -2.40. The summed E-state index contributed by atoms with van der Waals surface area (Å²) in [5.74, 6) is 1.27. The van der Waals surface area contributed by atoms with Gasteiger partial charge in [0.25, 0.3) is 0 Å². The molecule has 2 rings (SSSR count). The average Bonchev–Trinajstić information content (AvgIpc) is 2.64. The molecule has 0 saturated carbocycles. The molecule has 0 bridgehead atoms. The maximum absolute atomic E-state index is 12.1. The lowest BCUT2D eigenvalue weighted by Gasteiger charge is -2.25. The zero-order valence-electron chi connectivity index (χ0n) is 15.9. The maximum Gasteiger partial charge on any atom is 0.220 e. The Morgan fingerprint density at radius 1 is 1.23 bits per heavy atom. The van der Waals surface area contributed by atoms with Gasteiger partial charge in [-0.15, -0.1) is 0 Å². The summed E-state index contributed by atoms with van der Waals surface area (Å²) in [7, 11) is 0. The Kier molecular flexibility index (Phi) is 8.58. The van der Waals surface area contributed by atoms with Gasteiger partial charge in [0.1, 0.15) is 11.5 Å². The van der Waals surface area contributed by atoms with Crippen LogP contribution in [0.25, 0.3) is 0 Å². The summed E-state index contributed by atoms with van der Waals surface area (Å²) >= 11 is 0. The lowest BCUT2D eigenvalue weighted by molar-refractivity contribution is -0.122. The third-order valence-corrected chi connectivity index (χ3v) is 4.58. The monoisotopic (exact) mass is 361 g/mol. The highest BCUT2D eigenvalue weighted by molar-refractivity contribution is 5.79. The van der Waals surface area contributed by atoms with Crippen LogP contribution in [0.2, 0.25) is 0 Å². The molecule has 26 heavy (non-hydrogen) atoms. The highest BCUT2D eigenvalue weighted by Crippen LogP contribution is 2.17. The van der Waals surface area contributed by atoms with E-state index in [1.807, 2.05) is 38.1 Å². The number of Topliss-reactive ketones (excluding diaryl/α,β-unsaturated/α-hetero) is 1. The lowest BCUT2D eigenvalue weighted by atomic mass is 10.1. The summed E-state index contributed by atoms with van der Waals surface area (Å²) in [6, 6.07) is 7.82. The number of hydrogen-bond donors (Lipinski definition) is 2. The maximum atomic E-state index is 12.1. The highest BCUT2D eigenvalue weighted by Gasteiger charge is 2.15. The molecule has 1 amide bonds. The van der Waals surface area contributed by atoms with E-state index in [4.69, 9.17) is 4.74 Å². The molecule has 0 aromatic heterocycles. The number of nitrogens with one attached hydrogen (secondary N) is 2. The fourth-order valence-corrected chi connectivity index (χ4v) is 2.99. The topological polar surface area (TPSA) is 70.7 Å². The number of piperidine rings is 1. The molecule has 1 atom stereocenters. The van der Waals surface area contributed by atoms with Gasteiger partial charge in [-0.05, 0) is 44.5 Å². The number of hydrogen-bond acceptors (Lipinski definition) is 5. The SMILES string of the molecule is CCOc1ccc(C(C)NC(=O)CCCNCN2CCC(=O)CC2)cc1. The fraction of sp³-hybridized carbons (Fsp3) is 0.600. The van der Waals surface area contributed by atoms with Crippen molar-refractivity contribution in [3.63, 3.8) is 0 Å². The first-order valence-corrected chi connectivity index (χ1v) is 9.55. The van der Waals surface area contributed by atoms with E-state index in [9.17, 15) is 9.59 Å². The Morgan fingerprint density at radius 3 is 2.58 bits per heavy atom. The van der Waals surface area contributed by atoms with E-state index in [1.54, 1.807) is 0 Å². The second kappa shape index (κ2) is 10.9. The van der Waals surface area contributed by atoms with Crippen molar-refractivity contribution in [3.05, 3.63) is 29.8 Å². The van der Waals surface area contributed by atoms with Gasteiger partial charge in [0.05, 0.1) is 12.6 Å². The normalized spacial score (nSPS) is 16.3. The molecule has 1 aromatic carbocycles. The number of nitrogens with zero attached hydrogens (tertiary/aromatic N) is 1. The minimum Gasteiger partial charge on any atom is -0.494 e. The molecule has 1 heterocycles. The number of ketones is 1. The molecule has 6 nitrogen and oxygen atoms in total. The van der Waals surface area contributed by atoms with Gasteiger partial charge in [-0.2, -0.15) is 0 Å². The average molecular weight is 361 g/mol. The van der Waals surface area contributed by atoms with Crippen LogP contribution < -0.4 is 15.4 Å². The van der Waals surface area contributed by atoms with Crippen LogP contribution in [0.5, 0.6) is 5.75 Å². The van der Waals surface area contributed by atoms with Crippen molar-refractivity contribution in [2.45, 2.75) is 45.6 Å². The predicted molar refractivity (Wildman–Crippen MR) is 102 cm³/mol. The number of likely N-dealkylation sites (tertiary alicyclic amines) is 1. The predicted octanol–water partition coefficient (Wildman–Crippen LogP) is 2.25. The summed E-state index contributed by atoms with van der Waals surface area (Å²) in [6.45, 7) is 7.86. The second-order valence-electron chi connectivity index (χ2n) is 6.71. The molecule has 0 aliphatic carbocycles. The zero-order valence-corrected chi connectivity index (χ0v) is 15.9. The van der Waals surface area contributed by atoms with Gasteiger partial charge >= 0.3 is 0 Å². The van der Waals surface area contributed by atoms with Gasteiger partial charge in [-0.1, -0.05) is 12.1 Å². The van der Waals surface area contributed by atoms with Crippen molar-refractivity contribution in [2.75, 3.05) is 32.9 Å². The van der Waals surface area contributed by atoms with Crippen molar-refractivity contribution in [1.82, 2.24) is 15.5 Å². The number of amides is 1. The third-order valence-electron chi connectivity index (χ3n) is 4.58. The molecule has 1 fully saturated rings. The molecular weight excluding hydrogens is 330 g/mol. The molecular formula is C20H31N3O3. The molecule has 1 aromatic rings. The molecule has 0 radical (unpaired) electrons. The van der Waals surface area contributed by atoms with Crippen molar-refractivity contribution in [3.8, 4) is 5.75 Å². The summed E-state index contributed by atoms with van der Waals surface area (Å²) in [4.78, 5) is 25.5. The van der Waals surface area contributed by atoms with Gasteiger partial charge < -0.3 is 15.4 Å². The molecule has 1 aliphatic rings. The van der Waals surface area contributed by atoms with Crippen LogP contribution in [-0.4, -0.2) is 49.5 Å². The molecule has 144 valence electrons. The van der Waals surface area contributed by atoms with Gasteiger partial charge in [-0.3, -0.25) is 14.5 Å². The Hall–Kier alpha value is -1.92. The molecule has 1 unspecified atom stereocenters. The summed E-state index contributed by atoms with van der Waals surface area (Å²) in [5, 5.41) is 6.39. The fourth-order valence-electron chi connectivity index (χ4n) is 2.99. The van der Waals surface area contributed by atoms with E-state index in [0.29, 0.717) is 31.7 Å². The van der Waals surface area contributed by atoms with E-state index >= 15 is 0 Å². The van der Waals surface area contributed by atoms with Gasteiger partial charge in [-0.25, -0.2) is 0 Å². The molecule has 6 heteroatoms. The van der Waals surface area contributed by atoms with Gasteiger partial charge in [0.2, 0.25) is 5.91 Å². The van der Waals surface area contributed by atoms with Crippen LogP contribution >= 0.6 is 0 Å². The zero-order chi connectivity index (χ0) is 18.8. The van der Waals surface area contributed by atoms with Crippen LogP contribution in [0, 0.1) is 0 Å². The third kappa shape index (κ3) is 7.14. The van der Waals surface area contributed by atoms with Crippen LogP contribution in [0.15, 0.2) is 24.3 Å². The van der Waals surface area contributed by atoms with Gasteiger partial charge in [0.15, 0.2) is 0 Å². The Morgan fingerprint density at radius 2 is 1.92 bits per heavy atom. The first-order chi connectivity index (χ1) is 12.6. The number of carbonyl (C=O) groups excluding carboxylic acids is 2. The van der Waals surface area contributed by atoms with E-state index < -0.39 is 0 Å². The van der Waals surface area contributed by atoms with Crippen LogP contribution in [0.1, 0.15) is 51.1 Å². The minimum atomic E-state index is -0.0166. The standard InChI is InChI=1S/C20H31N3O3/c1-3-26-19-8-6-17(7-9-19)16(2)22-20(25)5-4-12-21-15-23-13-10-18(24)11-14-23/h6-9,16,21H,3-5,10-15H2,1-2H3,(H,22,25). The molecule has 1 aliphatic heterocycles. The Balaban J connectivity index is 1.58. The highest BCUT2D eigenvalue weighted by atomic mass is 16.5. The van der Waals surface area contributed by atoms with Crippen molar-refractivity contribution >= 4 is 11.7 Å². The summed E-state index contributed by atoms with van der Waals surface area (Å²) in [5.41, 5.74) is 1.07. The number of ether oxygens (including phenoxy) is 1. The number of rotatable bonds is 10. The van der Waals surface area contributed by atoms with E-state index in [2.05, 4.69) is 15.5 Å². The first kappa shape index (κ1) is 20.4. The van der Waals surface area contributed by atoms with E-state index in [-0.39, 0.29) is 11.9 Å². The van der Waals surface area contributed by atoms with E-state index in [1.165, 1.54) is 0 Å². The number of benzene rings is 1. The quantitative estimate of drug-likeness (QED) is 0.626. The van der Waals surface area contributed by atoms with Gasteiger partial charge in [0, 0.05) is 39.0 Å². The molecule has 0 spiro atoms. The van der Waals surface area contributed by atoms with Crippen LogP contribution in [-0.2, 0) is 9.59 Å². The smallest absolute Gasteiger partial charge is 0.220 e. The van der Waals surface area contributed by atoms with Crippen LogP contribution in [0.4, 0.5) is 0 Å². The molecule has 1 saturated heterocycles.